The molecule has 18 heavy (non-hydrogen) atoms. The molecule has 1 aromatic carbocycles. The first-order valence-electron chi connectivity index (χ1n) is 6.31. The van der Waals surface area contributed by atoms with Gasteiger partial charge in [-0.2, -0.15) is 0 Å². The second kappa shape index (κ2) is 6.28. The van der Waals surface area contributed by atoms with Gasteiger partial charge in [-0.25, -0.2) is 0 Å². The summed E-state index contributed by atoms with van der Waals surface area (Å²) in [4.78, 5) is 13.8. The van der Waals surface area contributed by atoms with Crippen molar-refractivity contribution in [3.8, 4) is 5.75 Å². The minimum atomic E-state index is -0.495. The van der Waals surface area contributed by atoms with Crippen molar-refractivity contribution in [3.63, 3.8) is 0 Å². The predicted molar refractivity (Wildman–Crippen MR) is 73.6 cm³/mol. The summed E-state index contributed by atoms with van der Waals surface area (Å²) in [6.07, 6.45) is -0.495. The maximum atomic E-state index is 12.1. The Bertz CT molecular complexity index is 414. The Morgan fingerprint density at radius 2 is 2.00 bits per heavy atom. The molecule has 0 radical (unpaired) electrons. The summed E-state index contributed by atoms with van der Waals surface area (Å²) in [5.74, 6) is 0.671. The van der Waals surface area contributed by atoms with Gasteiger partial charge in [-0.05, 0) is 39.3 Å². The van der Waals surface area contributed by atoms with Crippen LogP contribution in [0.4, 0.5) is 5.69 Å². The van der Waals surface area contributed by atoms with Gasteiger partial charge in [0.25, 0.3) is 5.91 Å². The van der Waals surface area contributed by atoms with Crippen LogP contribution in [0.1, 0.15) is 26.3 Å². The van der Waals surface area contributed by atoms with Crippen molar-refractivity contribution >= 4 is 11.6 Å². The van der Waals surface area contributed by atoms with Gasteiger partial charge in [0.1, 0.15) is 5.75 Å². The van der Waals surface area contributed by atoms with E-state index in [0.29, 0.717) is 24.5 Å². The van der Waals surface area contributed by atoms with Crippen molar-refractivity contribution in [1.29, 1.82) is 0 Å². The van der Waals surface area contributed by atoms with Crippen LogP contribution in [0.15, 0.2) is 18.2 Å². The van der Waals surface area contributed by atoms with Crippen LogP contribution in [0.2, 0.25) is 0 Å². The number of hydrogen-bond donors (Lipinski definition) is 1. The molecule has 0 fully saturated rings. The van der Waals surface area contributed by atoms with Gasteiger partial charge in [0, 0.05) is 24.8 Å². The fourth-order valence-corrected chi connectivity index (χ4v) is 1.78. The fourth-order valence-electron chi connectivity index (χ4n) is 1.78. The van der Waals surface area contributed by atoms with Crippen LogP contribution in [-0.2, 0) is 4.79 Å². The Morgan fingerprint density at radius 3 is 2.56 bits per heavy atom. The SMILES string of the molecule is CCN(CC)C(=O)C(C)Oc1cc(N)ccc1C. The molecule has 1 atom stereocenters. The molecule has 0 aromatic heterocycles. The van der Waals surface area contributed by atoms with Gasteiger partial charge < -0.3 is 15.4 Å². The van der Waals surface area contributed by atoms with Gasteiger partial charge in [0.15, 0.2) is 6.10 Å². The highest BCUT2D eigenvalue weighted by molar-refractivity contribution is 5.80. The smallest absolute Gasteiger partial charge is 0.263 e. The summed E-state index contributed by atoms with van der Waals surface area (Å²) in [5.41, 5.74) is 7.33. The van der Waals surface area contributed by atoms with Crippen LogP contribution in [0, 0.1) is 6.92 Å². The average Bonchev–Trinajstić information content (AvgIpc) is 2.35. The van der Waals surface area contributed by atoms with Crippen LogP contribution < -0.4 is 10.5 Å². The van der Waals surface area contributed by atoms with E-state index >= 15 is 0 Å². The van der Waals surface area contributed by atoms with E-state index < -0.39 is 6.10 Å². The Balaban J connectivity index is 2.77. The van der Waals surface area contributed by atoms with Gasteiger partial charge in [-0.1, -0.05) is 6.07 Å². The molecule has 1 rings (SSSR count). The van der Waals surface area contributed by atoms with E-state index in [9.17, 15) is 4.79 Å². The molecule has 0 aliphatic carbocycles. The lowest BCUT2D eigenvalue weighted by molar-refractivity contribution is -0.137. The third-order valence-corrected chi connectivity index (χ3v) is 2.94. The molecule has 2 N–H and O–H groups in total. The van der Waals surface area contributed by atoms with Crippen molar-refractivity contribution in [2.75, 3.05) is 18.8 Å². The number of hydrogen-bond acceptors (Lipinski definition) is 3. The third-order valence-electron chi connectivity index (χ3n) is 2.94. The van der Waals surface area contributed by atoms with E-state index in [0.717, 1.165) is 5.56 Å². The maximum Gasteiger partial charge on any atom is 0.263 e. The molecule has 4 heteroatoms. The quantitative estimate of drug-likeness (QED) is 0.815. The maximum absolute atomic E-state index is 12.1. The number of carbonyl (C=O) groups is 1. The summed E-state index contributed by atoms with van der Waals surface area (Å²) in [6, 6.07) is 5.46. The number of anilines is 1. The molecule has 0 bridgehead atoms. The molecular formula is C14H22N2O2. The van der Waals surface area contributed by atoms with E-state index in [4.69, 9.17) is 10.5 Å². The largest absolute Gasteiger partial charge is 0.481 e. The van der Waals surface area contributed by atoms with Crippen molar-refractivity contribution in [2.45, 2.75) is 33.8 Å². The Hall–Kier alpha value is -1.71. The summed E-state index contributed by atoms with van der Waals surface area (Å²) < 4.78 is 5.70. The number of aryl methyl sites for hydroxylation is 1. The minimum Gasteiger partial charge on any atom is -0.481 e. The standard InChI is InChI=1S/C14H22N2O2/c1-5-16(6-2)14(17)11(4)18-13-9-12(15)8-7-10(13)3/h7-9,11H,5-6,15H2,1-4H3. The van der Waals surface area contributed by atoms with E-state index in [1.54, 1.807) is 17.9 Å². The normalized spacial score (nSPS) is 12.0. The molecule has 0 spiro atoms. The molecule has 1 amide bonds. The van der Waals surface area contributed by atoms with Gasteiger partial charge in [0.2, 0.25) is 0 Å². The number of nitrogens with zero attached hydrogens (tertiary/aromatic N) is 1. The second-order valence-electron chi connectivity index (χ2n) is 4.30. The highest BCUT2D eigenvalue weighted by Crippen LogP contribution is 2.22. The van der Waals surface area contributed by atoms with Gasteiger partial charge in [0.05, 0.1) is 0 Å². The number of nitrogen functional groups attached to an aromatic ring is 1. The van der Waals surface area contributed by atoms with Gasteiger partial charge in [-0.3, -0.25) is 4.79 Å². The zero-order chi connectivity index (χ0) is 13.7. The lowest BCUT2D eigenvalue weighted by atomic mass is 10.2. The summed E-state index contributed by atoms with van der Waals surface area (Å²) in [7, 11) is 0. The molecule has 0 saturated carbocycles. The van der Waals surface area contributed by atoms with E-state index in [2.05, 4.69) is 0 Å². The monoisotopic (exact) mass is 250 g/mol. The number of likely N-dealkylation sites (N-methyl/N-ethyl adjacent to an activating group) is 1. The number of nitrogens with two attached hydrogens (primary N) is 1. The molecular weight excluding hydrogens is 228 g/mol. The van der Waals surface area contributed by atoms with E-state index in [1.807, 2.05) is 32.9 Å². The van der Waals surface area contributed by atoms with E-state index in [-0.39, 0.29) is 5.91 Å². The molecule has 100 valence electrons. The Labute approximate surface area is 109 Å². The van der Waals surface area contributed by atoms with Gasteiger partial charge >= 0.3 is 0 Å². The molecule has 0 aliphatic heterocycles. The highest BCUT2D eigenvalue weighted by atomic mass is 16.5. The number of rotatable bonds is 5. The lowest BCUT2D eigenvalue weighted by Gasteiger charge is -2.24. The number of ether oxygens (including phenoxy) is 1. The van der Waals surface area contributed by atoms with Crippen LogP contribution in [0.5, 0.6) is 5.75 Å². The highest BCUT2D eigenvalue weighted by Gasteiger charge is 2.20. The number of benzene rings is 1. The number of carbonyl (C=O) groups excluding carboxylic acids is 1. The first kappa shape index (κ1) is 14.4. The first-order chi connectivity index (χ1) is 8.49. The van der Waals surface area contributed by atoms with Crippen LogP contribution >= 0.6 is 0 Å². The van der Waals surface area contributed by atoms with Crippen molar-refractivity contribution in [2.24, 2.45) is 0 Å². The first-order valence-corrected chi connectivity index (χ1v) is 6.31. The zero-order valence-electron chi connectivity index (χ0n) is 11.6. The summed E-state index contributed by atoms with van der Waals surface area (Å²) >= 11 is 0. The van der Waals surface area contributed by atoms with Crippen molar-refractivity contribution in [3.05, 3.63) is 23.8 Å². The van der Waals surface area contributed by atoms with Crippen LogP contribution in [-0.4, -0.2) is 30.0 Å². The Kier molecular flexibility index (Phi) is 5.01. The molecule has 0 aliphatic rings. The second-order valence-corrected chi connectivity index (χ2v) is 4.30. The van der Waals surface area contributed by atoms with E-state index in [1.165, 1.54) is 0 Å². The van der Waals surface area contributed by atoms with Crippen LogP contribution in [0.3, 0.4) is 0 Å². The average molecular weight is 250 g/mol. The fraction of sp³-hybridized carbons (Fsp3) is 0.500. The van der Waals surface area contributed by atoms with Crippen LogP contribution in [0.25, 0.3) is 0 Å². The van der Waals surface area contributed by atoms with Gasteiger partial charge in [-0.15, -0.1) is 0 Å². The molecule has 0 saturated heterocycles. The summed E-state index contributed by atoms with van der Waals surface area (Å²) in [6.45, 7) is 9.00. The lowest BCUT2D eigenvalue weighted by Crippen LogP contribution is -2.40. The minimum absolute atomic E-state index is 0.00169. The predicted octanol–water partition coefficient (Wildman–Crippen LogP) is 2.21. The summed E-state index contributed by atoms with van der Waals surface area (Å²) in [5, 5.41) is 0. The Morgan fingerprint density at radius 1 is 1.39 bits per heavy atom. The van der Waals surface area contributed by atoms with Crippen molar-refractivity contribution < 1.29 is 9.53 Å². The van der Waals surface area contributed by atoms with Crippen molar-refractivity contribution in [1.82, 2.24) is 4.90 Å². The molecule has 4 nitrogen and oxygen atoms in total. The molecule has 0 heterocycles. The topological polar surface area (TPSA) is 55.6 Å². The molecule has 1 aromatic rings. The zero-order valence-corrected chi connectivity index (χ0v) is 11.6. The number of amides is 1. The molecule has 1 unspecified atom stereocenters. The third kappa shape index (κ3) is 3.39.